The molecule has 0 aliphatic carbocycles. The maximum Gasteiger partial charge on any atom is 0.290 e. The Kier molecular flexibility index (Phi) is 4.11. The number of rotatable bonds is 4. The highest BCUT2D eigenvalue weighted by molar-refractivity contribution is 6.09. The molecule has 1 amide bonds. The smallest absolute Gasteiger partial charge is 0.290 e. The number of carbonyl (C=O) groups is 1. The van der Waals surface area contributed by atoms with Gasteiger partial charge in [0.15, 0.2) is 0 Å². The molecule has 0 spiro atoms. The van der Waals surface area contributed by atoms with Crippen LogP contribution in [-0.4, -0.2) is 29.2 Å². The molecule has 2 aromatic carbocycles. The van der Waals surface area contributed by atoms with E-state index >= 15 is 0 Å². The van der Waals surface area contributed by atoms with Gasteiger partial charge >= 0.3 is 0 Å². The lowest BCUT2D eigenvalue weighted by molar-refractivity contribution is 0.0796. The zero-order valence-corrected chi connectivity index (χ0v) is 14.2. The summed E-state index contributed by atoms with van der Waals surface area (Å²) in [6.45, 7) is 0. The second-order valence-corrected chi connectivity index (χ2v) is 5.88. The molecule has 0 fully saturated rings. The van der Waals surface area contributed by atoms with Crippen molar-refractivity contribution in [3.63, 3.8) is 0 Å². The Bertz CT molecular complexity index is 1060. The minimum absolute atomic E-state index is 0.220. The molecule has 0 unspecified atom stereocenters. The standard InChI is InChI=1S/C21H17N3O2/c1-24(22-14-16-10-7-13-26-16)21(25)20-19(15-8-3-2-4-9-15)17-11-5-6-12-18(17)23-20/h2-14,23H,1H3/b22-14+. The highest BCUT2D eigenvalue weighted by Gasteiger charge is 2.21. The van der Waals surface area contributed by atoms with Crippen molar-refractivity contribution in [3.8, 4) is 11.1 Å². The average molecular weight is 343 g/mol. The fourth-order valence-corrected chi connectivity index (χ4v) is 2.93. The van der Waals surface area contributed by atoms with Crippen molar-refractivity contribution in [2.45, 2.75) is 0 Å². The lowest BCUT2D eigenvalue weighted by Gasteiger charge is -2.11. The molecular weight excluding hydrogens is 326 g/mol. The number of H-pyrrole nitrogens is 1. The summed E-state index contributed by atoms with van der Waals surface area (Å²) in [6.07, 6.45) is 3.08. The van der Waals surface area contributed by atoms with Crippen LogP contribution < -0.4 is 0 Å². The van der Waals surface area contributed by atoms with Crippen LogP contribution in [0.1, 0.15) is 16.2 Å². The van der Waals surface area contributed by atoms with Crippen LogP contribution in [0.25, 0.3) is 22.0 Å². The van der Waals surface area contributed by atoms with E-state index in [4.69, 9.17) is 4.42 Å². The van der Waals surface area contributed by atoms with E-state index in [-0.39, 0.29) is 5.91 Å². The number of benzene rings is 2. The predicted molar refractivity (Wildman–Crippen MR) is 102 cm³/mol. The van der Waals surface area contributed by atoms with Crippen molar-refractivity contribution in [1.29, 1.82) is 0 Å². The van der Waals surface area contributed by atoms with Gasteiger partial charge in [-0.3, -0.25) is 4.79 Å². The topological polar surface area (TPSA) is 61.6 Å². The molecule has 0 atom stereocenters. The van der Waals surface area contributed by atoms with Crippen molar-refractivity contribution in [3.05, 3.63) is 84.4 Å². The molecule has 4 rings (SSSR count). The Hall–Kier alpha value is -3.60. The van der Waals surface area contributed by atoms with Crippen molar-refractivity contribution < 1.29 is 9.21 Å². The van der Waals surface area contributed by atoms with Crippen molar-refractivity contribution in [1.82, 2.24) is 9.99 Å². The van der Waals surface area contributed by atoms with E-state index in [1.165, 1.54) is 11.2 Å². The molecular formula is C21H17N3O2. The van der Waals surface area contributed by atoms with Crippen LogP contribution in [0.2, 0.25) is 0 Å². The Balaban J connectivity index is 1.77. The maximum atomic E-state index is 13.0. The van der Waals surface area contributed by atoms with Gasteiger partial charge in [-0.2, -0.15) is 5.10 Å². The van der Waals surface area contributed by atoms with Crippen LogP contribution in [0.3, 0.4) is 0 Å². The third-order valence-electron chi connectivity index (χ3n) is 4.18. The molecule has 0 radical (unpaired) electrons. The molecule has 0 bridgehead atoms. The minimum atomic E-state index is -0.220. The molecule has 4 aromatic rings. The molecule has 0 aliphatic heterocycles. The van der Waals surface area contributed by atoms with Crippen molar-refractivity contribution in [2.24, 2.45) is 5.10 Å². The summed E-state index contributed by atoms with van der Waals surface area (Å²) in [5.41, 5.74) is 3.29. The van der Waals surface area contributed by atoms with E-state index in [1.54, 1.807) is 25.4 Å². The number of nitrogens with zero attached hydrogens (tertiary/aromatic N) is 2. The predicted octanol–water partition coefficient (Wildman–Crippen LogP) is 4.53. The lowest BCUT2D eigenvalue weighted by Crippen LogP contribution is -2.22. The van der Waals surface area contributed by atoms with Gasteiger partial charge in [0.2, 0.25) is 0 Å². The van der Waals surface area contributed by atoms with E-state index in [2.05, 4.69) is 10.1 Å². The van der Waals surface area contributed by atoms with Gasteiger partial charge in [0.1, 0.15) is 11.5 Å². The number of aromatic nitrogens is 1. The fraction of sp³-hybridized carbons (Fsp3) is 0.0476. The molecule has 5 nitrogen and oxygen atoms in total. The summed E-state index contributed by atoms with van der Waals surface area (Å²) >= 11 is 0. The van der Waals surface area contributed by atoms with Crippen LogP contribution in [0.5, 0.6) is 0 Å². The van der Waals surface area contributed by atoms with Gasteiger partial charge in [-0.05, 0) is 23.8 Å². The van der Waals surface area contributed by atoms with E-state index in [0.717, 1.165) is 22.0 Å². The summed E-state index contributed by atoms with van der Waals surface area (Å²) in [7, 11) is 1.63. The highest BCUT2D eigenvalue weighted by atomic mass is 16.3. The molecule has 1 N–H and O–H groups in total. The molecule has 0 saturated carbocycles. The average Bonchev–Trinajstić information content (AvgIpc) is 3.33. The Morgan fingerprint density at radius 2 is 1.81 bits per heavy atom. The monoisotopic (exact) mass is 343 g/mol. The first kappa shape index (κ1) is 15.9. The summed E-state index contributed by atoms with van der Waals surface area (Å²) < 4.78 is 5.22. The van der Waals surface area contributed by atoms with Gasteiger partial charge in [-0.1, -0.05) is 48.5 Å². The number of aromatic amines is 1. The van der Waals surface area contributed by atoms with Crippen molar-refractivity contribution >= 4 is 23.0 Å². The van der Waals surface area contributed by atoms with Crippen LogP contribution in [0, 0.1) is 0 Å². The second-order valence-electron chi connectivity index (χ2n) is 5.88. The maximum absolute atomic E-state index is 13.0. The number of hydrazone groups is 1. The number of carbonyl (C=O) groups excluding carboxylic acids is 1. The Morgan fingerprint density at radius 3 is 2.58 bits per heavy atom. The SMILES string of the molecule is CN(/N=C/c1ccco1)C(=O)c1[nH]c2ccccc2c1-c1ccccc1. The first-order valence-electron chi connectivity index (χ1n) is 8.26. The largest absolute Gasteiger partial charge is 0.463 e. The zero-order valence-electron chi connectivity index (χ0n) is 14.2. The minimum Gasteiger partial charge on any atom is -0.463 e. The number of para-hydroxylation sites is 1. The lowest BCUT2D eigenvalue weighted by atomic mass is 10.0. The molecule has 0 saturated heterocycles. The molecule has 26 heavy (non-hydrogen) atoms. The van der Waals surface area contributed by atoms with Gasteiger partial charge in [-0.15, -0.1) is 0 Å². The summed E-state index contributed by atoms with van der Waals surface area (Å²) in [5, 5.41) is 6.50. The number of fused-ring (bicyclic) bond motifs is 1. The Labute approximate surface area is 150 Å². The van der Waals surface area contributed by atoms with Gasteiger partial charge in [0.25, 0.3) is 5.91 Å². The number of hydrogen-bond acceptors (Lipinski definition) is 3. The van der Waals surface area contributed by atoms with E-state index in [9.17, 15) is 4.79 Å². The van der Waals surface area contributed by atoms with E-state index < -0.39 is 0 Å². The fourth-order valence-electron chi connectivity index (χ4n) is 2.93. The van der Waals surface area contributed by atoms with Gasteiger partial charge < -0.3 is 9.40 Å². The summed E-state index contributed by atoms with van der Waals surface area (Å²) in [6, 6.07) is 21.3. The quantitative estimate of drug-likeness (QED) is 0.437. The number of hydrogen-bond donors (Lipinski definition) is 1. The Morgan fingerprint density at radius 1 is 1.04 bits per heavy atom. The van der Waals surface area contributed by atoms with Crippen LogP contribution in [-0.2, 0) is 0 Å². The number of furan rings is 1. The zero-order chi connectivity index (χ0) is 17.9. The normalized spacial score (nSPS) is 11.3. The number of amides is 1. The third kappa shape index (κ3) is 2.91. The number of nitrogens with one attached hydrogen (secondary N) is 1. The first-order chi connectivity index (χ1) is 12.7. The van der Waals surface area contributed by atoms with E-state index in [0.29, 0.717) is 11.5 Å². The summed E-state index contributed by atoms with van der Waals surface area (Å²) in [5.74, 6) is 0.368. The molecule has 128 valence electrons. The van der Waals surface area contributed by atoms with Crippen molar-refractivity contribution in [2.75, 3.05) is 7.05 Å². The molecule has 0 aliphatic rings. The highest BCUT2D eigenvalue weighted by Crippen LogP contribution is 2.32. The van der Waals surface area contributed by atoms with Crippen LogP contribution >= 0.6 is 0 Å². The molecule has 2 aromatic heterocycles. The van der Waals surface area contributed by atoms with Crippen LogP contribution in [0.4, 0.5) is 0 Å². The van der Waals surface area contributed by atoms with Gasteiger partial charge in [-0.25, -0.2) is 5.01 Å². The third-order valence-corrected chi connectivity index (χ3v) is 4.18. The van der Waals surface area contributed by atoms with E-state index in [1.807, 2.05) is 54.6 Å². The van der Waals surface area contributed by atoms with Gasteiger partial charge in [0.05, 0.1) is 12.5 Å². The molecule has 5 heteroatoms. The summed E-state index contributed by atoms with van der Waals surface area (Å²) in [4.78, 5) is 16.3. The van der Waals surface area contributed by atoms with Crippen LogP contribution in [0.15, 0.2) is 82.5 Å². The second kappa shape index (κ2) is 6.72. The van der Waals surface area contributed by atoms with Gasteiger partial charge in [0, 0.05) is 23.5 Å². The molecule has 2 heterocycles. The first-order valence-corrected chi connectivity index (χ1v) is 8.26.